The molecule has 0 saturated heterocycles. The number of nitrogens with two attached hydrogens (primary N) is 1. The zero-order valence-corrected chi connectivity index (χ0v) is 13.3. The number of primary amides is 1. The SMILES string of the molecule is NC(=O)N1C(=O)C(C(=O)Cc2ccccc2)C2=C1C=CC(F)(Cl)C2. The van der Waals surface area contributed by atoms with Crippen LogP contribution >= 0.6 is 11.6 Å². The Morgan fingerprint density at radius 1 is 1.33 bits per heavy atom. The van der Waals surface area contributed by atoms with Crippen LogP contribution in [0, 0.1) is 5.92 Å². The molecule has 0 bridgehead atoms. The first kappa shape index (κ1) is 16.4. The van der Waals surface area contributed by atoms with Gasteiger partial charge < -0.3 is 5.73 Å². The molecule has 1 heterocycles. The minimum absolute atomic E-state index is 0.00802. The summed E-state index contributed by atoms with van der Waals surface area (Å²) >= 11 is 5.70. The van der Waals surface area contributed by atoms with Gasteiger partial charge in [0, 0.05) is 12.8 Å². The Bertz CT molecular complexity index is 786. The van der Waals surface area contributed by atoms with Gasteiger partial charge in [-0.1, -0.05) is 41.9 Å². The molecule has 1 aliphatic heterocycles. The number of halogens is 2. The molecule has 124 valence electrons. The van der Waals surface area contributed by atoms with Gasteiger partial charge in [0.25, 0.3) is 0 Å². The molecule has 7 heteroatoms. The molecule has 2 unspecified atom stereocenters. The zero-order chi connectivity index (χ0) is 17.5. The third kappa shape index (κ3) is 2.85. The van der Waals surface area contributed by atoms with Crippen molar-refractivity contribution in [3.63, 3.8) is 0 Å². The maximum atomic E-state index is 14.1. The number of carbonyl (C=O) groups is 3. The fraction of sp³-hybridized carbons (Fsp3) is 0.235. The molecule has 3 rings (SSSR count). The van der Waals surface area contributed by atoms with E-state index >= 15 is 0 Å². The lowest BCUT2D eigenvalue weighted by molar-refractivity contribution is -0.134. The number of allylic oxidation sites excluding steroid dienone is 2. The molecule has 5 nitrogen and oxygen atoms in total. The lowest BCUT2D eigenvalue weighted by atomic mass is 9.87. The van der Waals surface area contributed by atoms with Crippen LogP contribution in [0.2, 0.25) is 0 Å². The first-order chi connectivity index (χ1) is 11.3. The van der Waals surface area contributed by atoms with E-state index in [-0.39, 0.29) is 24.1 Å². The number of rotatable bonds is 3. The van der Waals surface area contributed by atoms with E-state index in [1.807, 2.05) is 0 Å². The fourth-order valence-corrected chi connectivity index (χ4v) is 3.24. The first-order valence-corrected chi connectivity index (χ1v) is 7.68. The molecule has 0 fully saturated rings. The number of alkyl halides is 2. The van der Waals surface area contributed by atoms with E-state index < -0.39 is 28.8 Å². The molecule has 3 amide bonds. The van der Waals surface area contributed by atoms with Crippen LogP contribution in [0.25, 0.3) is 0 Å². The summed E-state index contributed by atoms with van der Waals surface area (Å²) in [5, 5.41) is -2.20. The molecule has 0 spiro atoms. The topological polar surface area (TPSA) is 80.5 Å². The molecule has 0 radical (unpaired) electrons. The van der Waals surface area contributed by atoms with Crippen LogP contribution in [0.5, 0.6) is 0 Å². The van der Waals surface area contributed by atoms with Crippen molar-refractivity contribution in [3.8, 4) is 0 Å². The summed E-state index contributed by atoms with van der Waals surface area (Å²) in [5.41, 5.74) is 6.30. The summed E-state index contributed by atoms with van der Waals surface area (Å²) < 4.78 is 14.1. The number of hydrogen-bond acceptors (Lipinski definition) is 3. The predicted octanol–water partition coefficient (Wildman–Crippen LogP) is 2.45. The van der Waals surface area contributed by atoms with Gasteiger partial charge in [0.05, 0.1) is 5.70 Å². The zero-order valence-electron chi connectivity index (χ0n) is 12.5. The maximum Gasteiger partial charge on any atom is 0.326 e. The van der Waals surface area contributed by atoms with E-state index in [2.05, 4.69) is 0 Å². The highest BCUT2D eigenvalue weighted by Crippen LogP contribution is 2.43. The largest absolute Gasteiger partial charge is 0.351 e. The third-order valence-electron chi connectivity index (χ3n) is 4.06. The molecule has 24 heavy (non-hydrogen) atoms. The average Bonchev–Trinajstić information content (AvgIpc) is 2.78. The van der Waals surface area contributed by atoms with Crippen molar-refractivity contribution in [1.82, 2.24) is 4.90 Å². The quantitative estimate of drug-likeness (QED) is 0.673. The van der Waals surface area contributed by atoms with E-state index in [1.54, 1.807) is 30.3 Å². The summed E-state index contributed by atoms with van der Waals surface area (Å²) in [6, 6.07) is 7.84. The van der Waals surface area contributed by atoms with E-state index in [4.69, 9.17) is 17.3 Å². The van der Waals surface area contributed by atoms with Gasteiger partial charge in [-0.05, 0) is 23.3 Å². The Morgan fingerprint density at radius 3 is 2.62 bits per heavy atom. The van der Waals surface area contributed by atoms with Crippen LogP contribution in [0.1, 0.15) is 12.0 Å². The second kappa shape index (κ2) is 5.87. The number of Topliss-reactive ketones (excluding diaryl/α,β-unsaturated/α-hetero) is 1. The molecule has 1 aromatic carbocycles. The van der Waals surface area contributed by atoms with E-state index in [0.29, 0.717) is 4.90 Å². The Labute approximate surface area is 142 Å². The number of nitrogens with zero attached hydrogens (tertiary/aromatic N) is 1. The predicted molar refractivity (Wildman–Crippen MR) is 85.5 cm³/mol. The number of amides is 3. The van der Waals surface area contributed by atoms with Crippen LogP contribution in [-0.4, -0.2) is 27.7 Å². The highest BCUT2D eigenvalue weighted by Gasteiger charge is 2.48. The van der Waals surface area contributed by atoms with Crippen LogP contribution < -0.4 is 5.73 Å². The standard InChI is InChI=1S/C17H14ClFN2O3/c18-17(19)7-6-12-11(9-17)14(15(23)21(12)16(20)24)13(22)8-10-4-2-1-3-5-10/h1-7,14H,8-9H2,(H2,20,24). The normalized spacial score (nSPS) is 25.8. The second-order valence-corrected chi connectivity index (χ2v) is 6.38. The van der Waals surface area contributed by atoms with E-state index in [0.717, 1.165) is 11.6 Å². The number of carbonyl (C=O) groups excluding carboxylic acids is 3. The number of imide groups is 1. The second-order valence-electron chi connectivity index (χ2n) is 5.76. The Balaban J connectivity index is 1.96. The van der Waals surface area contributed by atoms with Gasteiger partial charge in [-0.2, -0.15) is 0 Å². The number of urea groups is 1. The van der Waals surface area contributed by atoms with Crippen LogP contribution in [0.4, 0.5) is 9.18 Å². The van der Waals surface area contributed by atoms with Crippen LogP contribution in [0.3, 0.4) is 0 Å². The molecule has 1 aliphatic carbocycles. The minimum Gasteiger partial charge on any atom is -0.351 e. The van der Waals surface area contributed by atoms with Crippen molar-refractivity contribution in [2.75, 3.05) is 0 Å². The fourth-order valence-electron chi connectivity index (χ4n) is 3.03. The maximum absolute atomic E-state index is 14.1. The lowest BCUT2D eigenvalue weighted by Gasteiger charge is -2.21. The first-order valence-electron chi connectivity index (χ1n) is 7.30. The molecule has 1 aromatic rings. The third-order valence-corrected chi connectivity index (χ3v) is 4.32. The van der Waals surface area contributed by atoms with Crippen LogP contribution in [0.15, 0.2) is 53.8 Å². The van der Waals surface area contributed by atoms with Crippen molar-refractivity contribution in [2.45, 2.75) is 18.0 Å². The Hall–Kier alpha value is -2.47. The average molecular weight is 349 g/mol. The summed E-state index contributed by atoms with van der Waals surface area (Å²) in [4.78, 5) is 37.4. The minimum atomic E-state index is -2.20. The monoisotopic (exact) mass is 348 g/mol. The van der Waals surface area contributed by atoms with Gasteiger partial charge in [-0.15, -0.1) is 0 Å². The molecule has 2 N–H and O–H groups in total. The smallest absolute Gasteiger partial charge is 0.326 e. The molecular formula is C17H14ClFN2O3. The summed E-state index contributed by atoms with van der Waals surface area (Å²) in [5.74, 6) is -2.43. The summed E-state index contributed by atoms with van der Waals surface area (Å²) in [6.07, 6.45) is 1.91. The van der Waals surface area contributed by atoms with Gasteiger partial charge in [0.2, 0.25) is 11.0 Å². The van der Waals surface area contributed by atoms with Crippen LogP contribution in [-0.2, 0) is 16.0 Å². The molecule has 2 atom stereocenters. The van der Waals surface area contributed by atoms with Crippen molar-refractivity contribution < 1.29 is 18.8 Å². The van der Waals surface area contributed by atoms with Gasteiger partial charge in [-0.25, -0.2) is 14.1 Å². The molecular weight excluding hydrogens is 335 g/mol. The van der Waals surface area contributed by atoms with Crippen molar-refractivity contribution in [1.29, 1.82) is 0 Å². The van der Waals surface area contributed by atoms with Crippen molar-refractivity contribution in [2.24, 2.45) is 11.7 Å². The van der Waals surface area contributed by atoms with Gasteiger partial charge in [-0.3, -0.25) is 9.59 Å². The van der Waals surface area contributed by atoms with Crippen molar-refractivity contribution >= 4 is 29.3 Å². The lowest BCUT2D eigenvalue weighted by Crippen LogP contribution is -2.40. The molecule has 0 saturated carbocycles. The van der Waals surface area contributed by atoms with Gasteiger partial charge >= 0.3 is 6.03 Å². The Morgan fingerprint density at radius 2 is 2.00 bits per heavy atom. The Kier molecular flexibility index (Phi) is 4.01. The summed E-state index contributed by atoms with van der Waals surface area (Å²) in [7, 11) is 0. The number of hydrogen-bond donors (Lipinski definition) is 1. The number of benzene rings is 1. The molecule has 2 aliphatic rings. The summed E-state index contributed by atoms with van der Waals surface area (Å²) in [6.45, 7) is 0. The van der Waals surface area contributed by atoms with Gasteiger partial charge in [0.1, 0.15) is 5.92 Å². The van der Waals surface area contributed by atoms with E-state index in [9.17, 15) is 18.8 Å². The van der Waals surface area contributed by atoms with E-state index in [1.165, 1.54) is 6.08 Å². The molecule has 0 aromatic heterocycles. The highest BCUT2D eigenvalue weighted by molar-refractivity contribution is 6.25. The highest BCUT2D eigenvalue weighted by atomic mass is 35.5. The van der Waals surface area contributed by atoms with Gasteiger partial charge in [0.15, 0.2) is 5.78 Å². The van der Waals surface area contributed by atoms with Crippen molar-refractivity contribution in [3.05, 3.63) is 59.3 Å². The number of ketones is 1.